The molecule has 39 heavy (non-hydrogen) atoms. The number of hydrogen-bond donors (Lipinski definition) is 1. The van der Waals surface area contributed by atoms with E-state index in [1.54, 1.807) is 24.4 Å². The van der Waals surface area contributed by atoms with Gasteiger partial charge in [0.25, 0.3) is 0 Å². The van der Waals surface area contributed by atoms with Crippen LogP contribution in [0.2, 0.25) is 5.02 Å². The summed E-state index contributed by atoms with van der Waals surface area (Å²) in [5.41, 5.74) is 0.968. The highest BCUT2D eigenvalue weighted by molar-refractivity contribution is 7.91. The highest BCUT2D eigenvalue weighted by Crippen LogP contribution is 2.36. The molecular formula is C25H23ClF3N5O4S. The number of aromatic nitrogens is 3. The number of nitrogens with one attached hydrogen (secondary N) is 1. The molecule has 1 N–H and O–H groups in total. The zero-order valence-electron chi connectivity index (χ0n) is 20.7. The Morgan fingerprint density at radius 3 is 2.62 bits per heavy atom. The summed E-state index contributed by atoms with van der Waals surface area (Å²) in [5, 5.41) is 3.31. The van der Waals surface area contributed by atoms with Crippen LogP contribution in [-0.2, 0) is 27.4 Å². The summed E-state index contributed by atoms with van der Waals surface area (Å²) in [7, 11) is -1.91. The van der Waals surface area contributed by atoms with Crippen LogP contribution in [0.25, 0.3) is 11.0 Å². The van der Waals surface area contributed by atoms with Crippen LogP contribution in [0.5, 0.6) is 11.5 Å². The average molecular weight is 582 g/mol. The maximum absolute atomic E-state index is 13.0. The van der Waals surface area contributed by atoms with E-state index in [4.69, 9.17) is 16.3 Å². The molecule has 0 aliphatic carbocycles. The Morgan fingerprint density at radius 1 is 1.15 bits per heavy atom. The van der Waals surface area contributed by atoms with Crippen molar-refractivity contribution in [1.82, 2.24) is 19.4 Å². The lowest BCUT2D eigenvalue weighted by atomic mass is 10.2. The van der Waals surface area contributed by atoms with Crippen molar-refractivity contribution < 1.29 is 31.1 Å². The number of halogens is 4. The highest BCUT2D eigenvalue weighted by atomic mass is 35.5. The van der Waals surface area contributed by atoms with Crippen LogP contribution in [0.4, 0.5) is 24.7 Å². The molecule has 0 bridgehead atoms. The number of carbonyl (C=O) groups is 1. The maximum atomic E-state index is 13.0. The van der Waals surface area contributed by atoms with E-state index in [0.717, 1.165) is 18.4 Å². The van der Waals surface area contributed by atoms with E-state index < -0.39 is 33.2 Å². The minimum Gasteiger partial charge on any atom is -0.456 e. The predicted molar refractivity (Wildman–Crippen MR) is 141 cm³/mol. The molecule has 2 heterocycles. The molecule has 0 fully saturated rings. The van der Waals surface area contributed by atoms with Gasteiger partial charge in [-0.2, -0.15) is 13.2 Å². The monoisotopic (exact) mass is 581 g/mol. The highest BCUT2D eigenvalue weighted by Gasteiger charge is 2.30. The number of hydrogen-bond acceptors (Lipinski definition) is 7. The summed E-state index contributed by atoms with van der Waals surface area (Å²) in [6.07, 6.45) is -0.343. The van der Waals surface area contributed by atoms with Gasteiger partial charge in [-0.25, -0.2) is 18.4 Å². The normalized spacial score (nSPS) is 11.9. The van der Waals surface area contributed by atoms with E-state index in [2.05, 4.69) is 15.3 Å². The van der Waals surface area contributed by atoms with E-state index >= 15 is 0 Å². The molecule has 0 atom stereocenters. The Hall–Kier alpha value is -3.84. The summed E-state index contributed by atoms with van der Waals surface area (Å²) in [5.74, 6) is -0.481. The number of ether oxygens (including phenoxy) is 1. The van der Waals surface area contributed by atoms with Crippen LogP contribution in [0, 0.1) is 0 Å². The molecule has 0 spiro atoms. The molecule has 4 rings (SSSR count). The molecule has 1 amide bonds. The standard InChI is InChI=1S/C25H23ClF3N5O4S/c1-33(22(35)14-39(2,36)37)10-11-34-9-8-20-23(34)24(31-15-30-20)32-17-6-7-21(19(26)13-17)38-18-5-3-4-16(12-18)25(27,28)29/h3-9,12-13,15H,10-11,14H2,1-2H3,(H,30,31,32). The zero-order chi connectivity index (χ0) is 28.4. The van der Waals surface area contributed by atoms with E-state index in [0.29, 0.717) is 29.1 Å². The van der Waals surface area contributed by atoms with Crippen molar-refractivity contribution in [1.29, 1.82) is 0 Å². The van der Waals surface area contributed by atoms with E-state index in [9.17, 15) is 26.4 Å². The molecule has 0 unspecified atom stereocenters. The third-order valence-corrected chi connectivity index (χ3v) is 6.69. The van der Waals surface area contributed by atoms with Crippen LogP contribution >= 0.6 is 11.6 Å². The third kappa shape index (κ3) is 7.18. The first-order chi connectivity index (χ1) is 18.3. The fourth-order valence-corrected chi connectivity index (χ4v) is 4.58. The third-order valence-electron chi connectivity index (χ3n) is 5.62. The predicted octanol–water partition coefficient (Wildman–Crippen LogP) is 5.14. The Bertz CT molecular complexity index is 1630. The number of alkyl halides is 3. The molecule has 4 aromatic rings. The second kappa shape index (κ2) is 11.1. The second-order valence-electron chi connectivity index (χ2n) is 8.75. The molecular weight excluding hydrogens is 559 g/mol. The molecule has 2 aromatic heterocycles. The lowest BCUT2D eigenvalue weighted by Gasteiger charge is -2.18. The summed E-state index contributed by atoms with van der Waals surface area (Å²) >= 11 is 6.36. The Labute approximate surface area is 227 Å². The van der Waals surface area contributed by atoms with Gasteiger partial charge in [0, 0.05) is 38.3 Å². The van der Waals surface area contributed by atoms with E-state index in [-0.39, 0.29) is 23.1 Å². The molecule has 14 heteroatoms. The summed E-state index contributed by atoms with van der Waals surface area (Å²) in [6, 6.07) is 11.0. The largest absolute Gasteiger partial charge is 0.456 e. The summed E-state index contributed by atoms with van der Waals surface area (Å²) < 4.78 is 69.3. The molecule has 206 valence electrons. The second-order valence-corrected chi connectivity index (χ2v) is 11.3. The van der Waals surface area contributed by atoms with Gasteiger partial charge in [0.2, 0.25) is 5.91 Å². The minimum absolute atomic E-state index is 0.0113. The van der Waals surface area contributed by atoms with Crippen molar-refractivity contribution in [2.45, 2.75) is 12.7 Å². The Morgan fingerprint density at radius 2 is 1.92 bits per heavy atom. The van der Waals surface area contributed by atoms with Crippen molar-refractivity contribution in [2.24, 2.45) is 0 Å². The Kier molecular flexibility index (Phi) is 8.02. The molecule has 0 saturated carbocycles. The quantitative estimate of drug-likeness (QED) is 0.292. The molecule has 0 radical (unpaired) electrons. The fourth-order valence-electron chi connectivity index (χ4n) is 3.69. The van der Waals surface area contributed by atoms with Crippen LogP contribution in [0.3, 0.4) is 0 Å². The lowest BCUT2D eigenvalue weighted by molar-refractivity contribution is -0.137. The van der Waals surface area contributed by atoms with Gasteiger partial charge in [-0.1, -0.05) is 17.7 Å². The van der Waals surface area contributed by atoms with Gasteiger partial charge in [-0.3, -0.25) is 4.79 Å². The van der Waals surface area contributed by atoms with Gasteiger partial charge >= 0.3 is 6.18 Å². The van der Waals surface area contributed by atoms with Crippen molar-refractivity contribution in [2.75, 3.05) is 30.9 Å². The SMILES string of the molecule is CN(CCn1ccc2ncnc(Nc3ccc(Oc4cccc(C(F)(F)F)c4)c(Cl)c3)c21)C(=O)CS(C)(=O)=O. The number of likely N-dealkylation sites (N-methyl/N-ethyl adjacent to an activating group) is 1. The topological polar surface area (TPSA) is 106 Å². The van der Waals surface area contributed by atoms with Crippen LogP contribution in [0.1, 0.15) is 5.56 Å². The number of benzene rings is 2. The average Bonchev–Trinajstić information content (AvgIpc) is 3.27. The smallest absolute Gasteiger partial charge is 0.416 e. The zero-order valence-corrected chi connectivity index (χ0v) is 22.3. The van der Waals surface area contributed by atoms with Crippen molar-refractivity contribution >= 4 is 49.9 Å². The van der Waals surface area contributed by atoms with Gasteiger partial charge in [-0.15, -0.1) is 0 Å². The summed E-state index contributed by atoms with van der Waals surface area (Å²) in [4.78, 5) is 22.1. The first-order valence-electron chi connectivity index (χ1n) is 11.4. The van der Waals surface area contributed by atoms with Gasteiger partial charge in [0.05, 0.1) is 16.1 Å². The van der Waals surface area contributed by atoms with Crippen LogP contribution in [0.15, 0.2) is 61.1 Å². The number of nitrogens with zero attached hydrogens (tertiary/aromatic N) is 4. The molecule has 0 aliphatic heterocycles. The van der Waals surface area contributed by atoms with E-state index in [1.165, 1.54) is 36.5 Å². The lowest BCUT2D eigenvalue weighted by Crippen LogP contribution is -2.34. The van der Waals surface area contributed by atoms with Gasteiger partial charge in [0.1, 0.15) is 29.1 Å². The number of anilines is 2. The number of carbonyl (C=O) groups excluding carboxylic acids is 1. The first kappa shape index (κ1) is 28.2. The van der Waals surface area contributed by atoms with Crippen molar-refractivity contribution in [3.63, 3.8) is 0 Å². The fraction of sp³-hybridized carbons (Fsp3) is 0.240. The molecule has 9 nitrogen and oxygen atoms in total. The van der Waals surface area contributed by atoms with Crippen LogP contribution < -0.4 is 10.1 Å². The maximum Gasteiger partial charge on any atom is 0.416 e. The first-order valence-corrected chi connectivity index (χ1v) is 13.9. The minimum atomic E-state index is -4.50. The van der Waals surface area contributed by atoms with Crippen LogP contribution in [-0.4, -0.2) is 59.4 Å². The van der Waals surface area contributed by atoms with Crippen molar-refractivity contribution in [3.05, 3.63) is 71.6 Å². The molecule has 2 aromatic carbocycles. The Balaban J connectivity index is 1.50. The van der Waals surface area contributed by atoms with Gasteiger partial charge in [0.15, 0.2) is 15.7 Å². The number of sulfone groups is 1. The van der Waals surface area contributed by atoms with Gasteiger partial charge < -0.3 is 19.5 Å². The molecule has 0 saturated heterocycles. The number of amides is 1. The van der Waals surface area contributed by atoms with Gasteiger partial charge in [-0.05, 0) is 42.5 Å². The van der Waals surface area contributed by atoms with Crippen molar-refractivity contribution in [3.8, 4) is 11.5 Å². The number of rotatable bonds is 9. The molecule has 0 aliphatic rings. The van der Waals surface area contributed by atoms with E-state index in [1.807, 2.05) is 4.57 Å². The number of fused-ring (bicyclic) bond motifs is 1. The summed E-state index contributed by atoms with van der Waals surface area (Å²) in [6.45, 7) is 0.599.